The van der Waals surface area contributed by atoms with Crippen molar-refractivity contribution in [3.63, 3.8) is 0 Å². The summed E-state index contributed by atoms with van der Waals surface area (Å²) < 4.78 is 13.6. The van der Waals surface area contributed by atoms with Crippen molar-refractivity contribution in [2.24, 2.45) is 5.41 Å². The average Bonchev–Trinajstić information content (AvgIpc) is 2.91. The molecule has 1 saturated carbocycles. The van der Waals surface area contributed by atoms with Gasteiger partial charge in [0.05, 0.1) is 0 Å². The fraction of sp³-hybridized carbons (Fsp3) is 0.455. The minimum absolute atomic E-state index is 0.0837. The Morgan fingerprint density at radius 2 is 2.14 bits per heavy atom. The molecule has 0 aromatic heterocycles. The summed E-state index contributed by atoms with van der Waals surface area (Å²) in [5, 5.41) is 9.17. The van der Waals surface area contributed by atoms with E-state index in [0.717, 1.165) is 29.3 Å². The molecular formula is C11H12BrFO. The smallest absolute Gasteiger partial charge is 0.124 e. The van der Waals surface area contributed by atoms with Gasteiger partial charge in [0.15, 0.2) is 0 Å². The first-order valence-electron chi connectivity index (χ1n) is 4.70. The van der Waals surface area contributed by atoms with Gasteiger partial charge in [-0.05, 0) is 42.4 Å². The van der Waals surface area contributed by atoms with Gasteiger partial charge < -0.3 is 5.11 Å². The van der Waals surface area contributed by atoms with Crippen molar-refractivity contribution in [1.29, 1.82) is 0 Å². The van der Waals surface area contributed by atoms with Crippen LogP contribution in [0.3, 0.4) is 0 Å². The lowest BCUT2D eigenvalue weighted by molar-refractivity contribution is 0.211. The summed E-state index contributed by atoms with van der Waals surface area (Å²) in [5.41, 5.74) is 1.17. The first-order valence-corrected chi connectivity index (χ1v) is 5.49. The number of hydrogen-bond donors (Lipinski definition) is 1. The normalized spacial score (nSPS) is 18.2. The fourth-order valence-electron chi connectivity index (χ4n) is 1.64. The van der Waals surface area contributed by atoms with E-state index < -0.39 is 0 Å². The topological polar surface area (TPSA) is 20.2 Å². The molecule has 3 heteroatoms. The van der Waals surface area contributed by atoms with E-state index >= 15 is 0 Å². The average molecular weight is 259 g/mol. The number of halogens is 2. The molecule has 0 amide bonds. The van der Waals surface area contributed by atoms with Gasteiger partial charge >= 0.3 is 0 Å². The highest BCUT2D eigenvalue weighted by atomic mass is 79.9. The van der Waals surface area contributed by atoms with E-state index in [1.165, 1.54) is 12.1 Å². The summed E-state index contributed by atoms with van der Waals surface area (Å²) in [6.45, 7) is 0.233. The van der Waals surface area contributed by atoms with Crippen LogP contribution in [0.25, 0.3) is 0 Å². The van der Waals surface area contributed by atoms with Gasteiger partial charge in [0.2, 0.25) is 0 Å². The van der Waals surface area contributed by atoms with E-state index in [1.807, 2.05) is 0 Å². The number of aliphatic hydroxyl groups excluding tert-OH is 1. The van der Waals surface area contributed by atoms with Crippen LogP contribution in [0.2, 0.25) is 0 Å². The molecule has 0 aliphatic heterocycles. The summed E-state index contributed by atoms with van der Waals surface area (Å²) in [6.07, 6.45) is 2.99. The highest BCUT2D eigenvalue weighted by Gasteiger charge is 2.42. The third-order valence-electron chi connectivity index (χ3n) is 2.87. The van der Waals surface area contributed by atoms with Crippen LogP contribution in [0.15, 0.2) is 22.7 Å². The summed E-state index contributed by atoms with van der Waals surface area (Å²) in [7, 11) is 0. The van der Waals surface area contributed by atoms with Crippen LogP contribution in [-0.2, 0) is 6.42 Å². The van der Waals surface area contributed by atoms with Crippen LogP contribution >= 0.6 is 15.9 Å². The largest absolute Gasteiger partial charge is 0.396 e. The maximum absolute atomic E-state index is 12.8. The molecule has 0 saturated heterocycles. The Bertz CT molecular complexity index is 347. The molecule has 1 aromatic carbocycles. The fourth-order valence-corrected chi connectivity index (χ4v) is 2.13. The first kappa shape index (κ1) is 10.1. The maximum atomic E-state index is 12.8. The Morgan fingerprint density at radius 3 is 2.64 bits per heavy atom. The number of benzene rings is 1. The summed E-state index contributed by atoms with van der Waals surface area (Å²) in [4.78, 5) is 0. The van der Waals surface area contributed by atoms with Crippen LogP contribution in [0.1, 0.15) is 18.4 Å². The van der Waals surface area contributed by atoms with E-state index in [4.69, 9.17) is 0 Å². The molecule has 1 nitrogen and oxygen atoms in total. The lowest BCUT2D eigenvalue weighted by atomic mass is 9.97. The van der Waals surface area contributed by atoms with E-state index in [2.05, 4.69) is 15.9 Å². The van der Waals surface area contributed by atoms with Crippen LogP contribution in [0.4, 0.5) is 4.39 Å². The zero-order valence-electron chi connectivity index (χ0n) is 7.76. The molecule has 0 radical (unpaired) electrons. The molecule has 0 heterocycles. The lowest BCUT2D eigenvalue weighted by Gasteiger charge is -2.12. The van der Waals surface area contributed by atoms with E-state index in [9.17, 15) is 9.50 Å². The van der Waals surface area contributed by atoms with Crippen LogP contribution in [0, 0.1) is 11.2 Å². The second-order valence-corrected chi connectivity index (χ2v) is 4.92. The zero-order chi connectivity index (χ0) is 10.2. The molecule has 14 heavy (non-hydrogen) atoms. The van der Waals surface area contributed by atoms with Crippen molar-refractivity contribution < 1.29 is 9.50 Å². The molecule has 0 spiro atoms. The first-order chi connectivity index (χ1) is 6.65. The van der Waals surface area contributed by atoms with Crippen molar-refractivity contribution in [1.82, 2.24) is 0 Å². The Labute approximate surface area is 91.1 Å². The van der Waals surface area contributed by atoms with Gasteiger partial charge in [0.25, 0.3) is 0 Å². The van der Waals surface area contributed by atoms with E-state index in [0.29, 0.717) is 0 Å². The van der Waals surface area contributed by atoms with E-state index in [1.54, 1.807) is 6.07 Å². The van der Waals surface area contributed by atoms with Crippen molar-refractivity contribution in [3.8, 4) is 0 Å². The van der Waals surface area contributed by atoms with Crippen LogP contribution in [-0.4, -0.2) is 11.7 Å². The summed E-state index contributed by atoms with van der Waals surface area (Å²) in [6, 6.07) is 4.73. The summed E-state index contributed by atoms with van der Waals surface area (Å²) in [5.74, 6) is -0.227. The van der Waals surface area contributed by atoms with Gasteiger partial charge in [0, 0.05) is 11.1 Å². The molecule has 76 valence electrons. The van der Waals surface area contributed by atoms with Gasteiger partial charge in [-0.1, -0.05) is 22.0 Å². The second-order valence-electron chi connectivity index (χ2n) is 4.07. The second kappa shape index (κ2) is 3.63. The quantitative estimate of drug-likeness (QED) is 0.884. The molecule has 1 fully saturated rings. The van der Waals surface area contributed by atoms with E-state index in [-0.39, 0.29) is 17.8 Å². The third-order valence-corrected chi connectivity index (χ3v) is 3.61. The molecule has 1 aliphatic carbocycles. The maximum Gasteiger partial charge on any atom is 0.124 e. The van der Waals surface area contributed by atoms with Crippen molar-refractivity contribution in [2.45, 2.75) is 19.3 Å². The Hall–Kier alpha value is -0.410. The third kappa shape index (κ3) is 1.98. The van der Waals surface area contributed by atoms with Crippen molar-refractivity contribution >= 4 is 15.9 Å². The highest BCUT2D eigenvalue weighted by Crippen LogP contribution is 2.48. The predicted molar refractivity (Wildman–Crippen MR) is 56.6 cm³/mol. The van der Waals surface area contributed by atoms with Gasteiger partial charge in [0.1, 0.15) is 5.82 Å². The highest BCUT2D eigenvalue weighted by molar-refractivity contribution is 9.10. The Morgan fingerprint density at radius 1 is 1.43 bits per heavy atom. The summed E-state index contributed by atoms with van der Waals surface area (Å²) >= 11 is 3.34. The SMILES string of the molecule is OCC1(Cc2ccc(F)cc2Br)CC1. The van der Waals surface area contributed by atoms with Gasteiger partial charge in [-0.25, -0.2) is 4.39 Å². The number of aliphatic hydroxyl groups is 1. The zero-order valence-corrected chi connectivity index (χ0v) is 9.35. The van der Waals surface area contributed by atoms with Crippen LogP contribution < -0.4 is 0 Å². The Balaban J connectivity index is 2.17. The molecule has 1 N–H and O–H groups in total. The van der Waals surface area contributed by atoms with Gasteiger partial charge in [-0.3, -0.25) is 0 Å². The number of rotatable bonds is 3. The standard InChI is InChI=1S/C11H12BrFO/c12-10-5-9(13)2-1-8(10)6-11(7-14)3-4-11/h1-2,5,14H,3-4,6-7H2. The van der Waals surface area contributed by atoms with Crippen molar-refractivity contribution in [2.75, 3.05) is 6.61 Å². The number of hydrogen-bond acceptors (Lipinski definition) is 1. The van der Waals surface area contributed by atoms with Gasteiger partial charge in [-0.2, -0.15) is 0 Å². The monoisotopic (exact) mass is 258 g/mol. The molecule has 0 atom stereocenters. The van der Waals surface area contributed by atoms with Crippen LogP contribution in [0.5, 0.6) is 0 Å². The minimum Gasteiger partial charge on any atom is -0.396 e. The molecule has 1 aromatic rings. The predicted octanol–water partition coefficient (Wildman–Crippen LogP) is 2.90. The molecule has 0 bridgehead atoms. The molecule has 1 aliphatic rings. The van der Waals surface area contributed by atoms with Crippen molar-refractivity contribution in [3.05, 3.63) is 34.1 Å². The lowest BCUT2D eigenvalue weighted by Crippen LogP contribution is -2.10. The minimum atomic E-state index is -0.227. The molecule has 2 rings (SSSR count). The molecule has 0 unspecified atom stereocenters. The van der Waals surface area contributed by atoms with Gasteiger partial charge in [-0.15, -0.1) is 0 Å². The molecular weight excluding hydrogens is 247 g/mol. The Kier molecular flexibility index (Phi) is 2.62.